The second-order valence-corrected chi connectivity index (χ2v) is 2.89. The Bertz CT molecular complexity index is 198. The molecule has 0 bridgehead atoms. The predicted octanol–water partition coefficient (Wildman–Crippen LogP) is -0.188. The fourth-order valence-electron chi connectivity index (χ4n) is 0.873. The normalized spacial score (nSPS) is 17.6. The van der Waals surface area contributed by atoms with Crippen LogP contribution in [0.5, 0.6) is 0 Å². The Labute approximate surface area is 66.3 Å². The van der Waals surface area contributed by atoms with Gasteiger partial charge in [-0.3, -0.25) is 9.69 Å². The van der Waals surface area contributed by atoms with Crippen LogP contribution in [0.4, 0.5) is 0 Å². The summed E-state index contributed by atoms with van der Waals surface area (Å²) in [7, 11) is 1.73. The van der Waals surface area contributed by atoms with E-state index in [9.17, 15) is 4.79 Å². The van der Waals surface area contributed by atoms with Crippen LogP contribution in [0.15, 0.2) is 4.99 Å². The minimum atomic E-state index is 0.0492. The van der Waals surface area contributed by atoms with Crippen molar-refractivity contribution in [3.05, 3.63) is 0 Å². The highest BCUT2D eigenvalue weighted by Crippen LogP contribution is 1.97. The van der Waals surface area contributed by atoms with E-state index in [0.29, 0.717) is 12.0 Å². The molecule has 0 saturated carbocycles. The molecule has 62 valence electrons. The third kappa shape index (κ3) is 1.69. The number of nitrogens with zero attached hydrogens (tertiary/aromatic N) is 2. The number of aliphatic imine (C=N–C) groups is 1. The van der Waals surface area contributed by atoms with Gasteiger partial charge in [0.25, 0.3) is 5.91 Å². The van der Waals surface area contributed by atoms with E-state index in [1.807, 2.05) is 13.8 Å². The van der Waals surface area contributed by atoms with Gasteiger partial charge in [-0.25, -0.2) is 4.99 Å². The Hall–Kier alpha value is -1.06. The molecule has 11 heavy (non-hydrogen) atoms. The number of nitrogens with one attached hydrogen (secondary N) is 1. The molecule has 0 fully saturated rings. The van der Waals surface area contributed by atoms with Crippen LogP contribution in [-0.4, -0.2) is 36.4 Å². The lowest BCUT2D eigenvalue weighted by atomic mass is 10.4. The summed E-state index contributed by atoms with van der Waals surface area (Å²) in [6, 6.07) is 0.321. The van der Waals surface area contributed by atoms with Crippen molar-refractivity contribution in [2.75, 3.05) is 13.6 Å². The van der Waals surface area contributed by atoms with Crippen LogP contribution in [0.2, 0.25) is 0 Å². The maximum Gasteiger partial charge on any atom is 0.250 e. The fourth-order valence-corrected chi connectivity index (χ4v) is 0.873. The van der Waals surface area contributed by atoms with E-state index in [1.165, 1.54) is 0 Å². The first-order valence-electron chi connectivity index (χ1n) is 3.69. The highest BCUT2D eigenvalue weighted by atomic mass is 16.2. The number of hydrogen-bond donors (Lipinski definition) is 1. The minimum absolute atomic E-state index is 0.0492. The van der Waals surface area contributed by atoms with Crippen molar-refractivity contribution in [2.45, 2.75) is 19.9 Å². The third-order valence-corrected chi connectivity index (χ3v) is 1.47. The summed E-state index contributed by atoms with van der Waals surface area (Å²) in [5.41, 5.74) is 0. The van der Waals surface area contributed by atoms with Crippen LogP contribution in [0.1, 0.15) is 13.8 Å². The Morgan fingerprint density at radius 2 is 2.27 bits per heavy atom. The van der Waals surface area contributed by atoms with Gasteiger partial charge in [0.05, 0.1) is 0 Å². The van der Waals surface area contributed by atoms with Crippen LogP contribution in [0.3, 0.4) is 0 Å². The van der Waals surface area contributed by atoms with Crippen molar-refractivity contribution in [1.29, 1.82) is 0 Å². The Morgan fingerprint density at radius 3 is 2.64 bits per heavy atom. The number of likely N-dealkylation sites (N-methyl/N-ethyl adjacent to an activating group) is 1. The smallest absolute Gasteiger partial charge is 0.250 e. The van der Waals surface area contributed by atoms with E-state index in [1.54, 1.807) is 11.9 Å². The second-order valence-electron chi connectivity index (χ2n) is 2.89. The van der Waals surface area contributed by atoms with Gasteiger partial charge in [0, 0.05) is 13.1 Å². The molecule has 0 aromatic carbocycles. The van der Waals surface area contributed by atoms with E-state index >= 15 is 0 Å². The molecule has 1 aliphatic rings. The predicted molar refractivity (Wildman–Crippen MR) is 43.3 cm³/mol. The number of carbonyl (C=O) groups excluding carboxylic acids is 1. The zero-order valence-corrected chi connectivity index (χ0v) is 7.09. The van der Waals surface area contributed by atoms with Gasteiger partial charge in [-0.15, -0.1) is 0 Å². The molecule has 0 spiro atoms. The molecular formula is C7H13N3O. The standard InChI is InChI=1S/C7H13N3O/c1-5(2)9-7-8-4-6(11)10(7)3/h5H,4H2,1-3H3,(H,8,9). The number of hydrogen-bond acceptors (Lipinski definition) is 3. The lowest BCUT2D eigenvalue weighted by Gasteiger charge is -2.15. The van der Waals surface area contributed by atoms with Crippen LogP contribution in [0, 0.1) is 0 Å². The lowest BCUT2D eigenvalue weighted by Crippen LogP contribution is -2.41. The van der Waals surface area contributed by atoms with E-state index in [0.717, 1.165) is 0 Å². The van der Waals surface area contributed by atoms with Gasteiger partial charge in [-0.1, -0.05) is 0 Å². The summed E-state index contributed by atoms with van der Waals surface area (Å²) < 4.78 is 0. The lowest BCUT2D eigenvalue weighted by molar-refractivity contribution is -0.124. The van der Waals surface area contributed by atoms with E-state index in [-0.39, 0.29) is 12.5 Å². The first-order valence-corrected chi connectivity index (χ1v) is 3.69. The molecule has 1 aliphatic heterocycles. The largest absolute Gasteiger partial charge is 0.354 e. The summed E-state index contributed by atoms with van der Waals surface area (Å²) in [6.07, 6.45) is 0. The zero-order chi connectivity index (χ0) is 8.43. The summed E-state index contributed by atoms with van der Waals surface area (Å²) in [6.45, 7) is 4.31. The van der Waals surface area contributed by atoms with Crippen LogP contribution in [-0.2, 0) is 4.79 Å². The van der Waals surface area contributed by atoms with Gasteiger partial charge in [0.1, 0.15) is 6.54 Å². The average Bonchev–Trinajstić information content (AvgIpc) is 2.18. The van der Waals surface area contributed by atoms with Crippen molar-refractivity contribution in [3.8, 4) is 0 Å². The van der Waals surface area contributed by atoms with E-state index in [2.05, 4.69) is 10.3 Å². The molecule has 1 rings (SSSR count). The van der Waals surface area contributed by atoms with Gasteiger partial charge in [-0.2, -0.15) is 0 Å². The average molecular weight is 155 g/mol. The highest BCUT2D eigenvalue weighted by molar-refractivity contribution is 6.02. The van der Waals surface area contributed by atoms with Crippen LogP contribution >= 0.6 is 0 Å². The topological polar surface area (TPSA) is 44.7 Å². The third-order valence-electron chi connectivity index (χ3n) is 1.47. The quantitative estimate of drug-likeness (QED) is 0.570. The Balaban J connectivity index is 2.54. The molecule has 0 radical (unpaired) electrons. The molecule has 0 aromatic rings. The molecule has 4 nitrogen and oxygen atoms in total. The summed E-state index contributed by atoms with van der Waals surface area (Å²) in [5, 5.41) is 3.08. The monoisotopic (exact) mass is 155 g/mol. The van der Waals surface area contributed by atoms with E-state index < -0.39 is 0 Å². The minimum Gasteiger partial charge on any atom is -0.354 e. The molecule has 0 atom stereocenters. The van der Waals surface area contributed by atoms with Gasteiger partial charge in [0.15, 0.2) is 0 Å². The van der Waals surface area contributed by atoms with Gasteiger partial charge in [-0.05, 0) is 13.8 Å². The van der Waals surface area contributed by atoms with Crippen molar-refractivity contribution in [3.63, 3.8) is 0 Å². The van der Waals surface area contributed by atoms with Gasteiger partial charge in [0.2, 0.25) is 5.96 Å². The molecule has 0 aromatic heterocycles. The highest BCUT2D eigenvalue weighted by Gasteiger charge is 2.20. The maximum absolute atomic E-state index is 10.9. The molecule has 0 aliphatic carbocycles. The van der Waals surface area contributed by atoms with Gasteiger partial charge >= 0.3 is 0 Å². The SMILES string of the molecule is CC(C)NC1=NCC(=O)N1C. The maximum atomic E-state index is 10.9. The number of guanidine groups is 1. The second kappa shape index (κ2) is 2.90. The van der Waals surface area contributed by atoms with Crippen molar-refractivity contribution < 1.29 is 4.79 Å². The Morgan fingerprint density at radius 1 is 1.64 bits per heavy atom. The molecule has 0 saturated heterocycles. The molecular weight excluding hydrogens is 142 g/mol. The summed E-state index contributed by atoms with van der Waals surface area (Å²) in [4.78, 5) is 16.5. The zero-order valence-electron chi connectivity index (χ0n) is 7.09. The molecule has 1 heterocycles. The first kappa shape index (κ1) is 8.04. The fraction of sp³-hybridized carbons (Fsp3) is 0.714. The molecule has 0 unspecified atom stereocenters. The van der Waals surface area contributed by atoms with E-state index in [4.69, 9.17) is 0 Å². The van der Waals surface area contributed by atoms with Crippen molar-refractivity contribution in [2.24, 2.45) is 4.99 Å². The first-order chi connectivity index (χ1) is 5.11. The summed E-state index contributed by atoms with van der Waals surface area (Å²) >= 11 is 0. The molecule has 1 amide bonds. The van der Waals surface area contributed by atoms with Crippen molar-refractivity contribution in [1.82, 2.24) is 10.2 Å². The van der Waals surface area contributed by atoms with Crippen molar-refractivity contribution >= 4 is 11.9 Å². The number of rotatable bonds is 1. The Kier molecular flexibility index (Phi) is 2.12. The molecule has 1 N–H and O–H groups in total. The number of amides is 1. The summed E-state index contributed by atoms with van der Waals surface area (Å²) in [5.74, 6) is 0.734. The van der Waals surface area contributed by atoms with Crippen LogP contribution in [0.25, 0.3) is 0 Å². The van der Waals surface area contributed by atoms with Gasteiger partial charge < -0.3 is 5.32 Å². The number of carbonyl (C=O) groups is 1. The van der Waals surface area contributed by atoms with Crippen LogP contribution < -0.4 is 5.32 Å². The molecule has 4 heteroatoms.